The van der Waals surface area contributed by atoms with Gasteiger partial charge in [0.25, 0.3) is 0 Å². The van der Waals surface area contributed by atoms with Gasteiger partial charge >= 0.3 is 0 Å². The van der Waals surface area contributed by atoms with Crippen LogP contribution in [0.4, 0.5) is 4.39 Å². The molecule has 0 amide bonds. The first-order valence-corrected chi connectivity index (χ1v) is 7.27. The van der Waals surface area contributed by atoms with Gasteiger partial charge in [0.05, 0.1) is 6.10 Å². The molecular formula is C16H17BrFNO. The second-order valence-electron chi connectivity index (χ2n) is 4.72. The molecule has 2 aromatic rings. The minimum absolute atomic E-state index is 0.212. The van der Waals surface area contributed by atoms with Crippen LogP contribution < -0.4 is 5.32 Å². The van der Waals surface area contributed by atoms with Crippen LogP contribution >= 0.6 is 15.9 Å². The molecule has 0 fully saturated rings. The number of aliphatic hydroxyl groups is 1. The molecular weight excluding hydrogens is 321 g/mol. The molecule has 0 unspecified atom stereocenters. The summed E-state index contributed by atoms with van der Waals surface area (Å²) < 4.78 is 14.4. The molecule has 2 N–H and O–H groups in total. The quantitative estimate of drug-likeness (QED) is 0.866. The number of nitrogens with one attached hydrogen (secondary N) is 1. The molecule has 0 aromatic heterocycles. The Bertz CT molecular complexity index is 549. The highest BCUT2D eigenvalue weighted by Crippen LogP contribution is 2.19. The topological polar surface area (TPSA) is 32.3 Å². The van der Waals surface area contributed by atoms with Crippen molar-refractivity contribution in [2.75, 3.05) is 0 Å². The lowest BCUT2D eigenvalue weighted by molar-refractivity contribution is 0.199. The van der Waals surface area contributed by atoms with Crippen molar-refractivity contribution in [2.24, 2.45) is 0 Å². The van der Waals surface area contributed by atoms with E-state index in [1.807, 2.05) is 30.3 Å². The molecule has 0 aliphatic rings. The van der Waals surface area contributed by atoms with Gasteiger partial charge in [-0.2, -0.15) is 0 Å². The molecule has 4 heteroatoms. The Morgan fingerprint density at radius 3 is 2.45 bits per heavy atom. The van der Waals surface area contributed by atoms with Gasteiger partial charge in [0.1, 0.15) is 5.82 Å². The van der Waals surface area contributed by atoms with E-state index in [1.165, 1.54) is 6.07 Å². The van der Waals surface area contributed by atoms with Crippen molar-refractivity contribution in [3.05, 3.63) is 69.4 Å². The smallest absolute Gasteiger partial charge is 0.128 e. The van der Waals surface area contributed by atoms with Gasteiger partial charge in [-0.15, -0.1) is 0 Å². The zero-order valence-corrected chi connectivity index (χ0v) is 12.8. The molecule has 1 atom stereocenters. The standard InChI is InChI=1S/C16H17BrFNO/c1-11(20)13-7-5-12(6-8-13)9-19-10-14-15(17)3-2-4-16(14)18/h2-8,11,19-20H,9-10H2,1H3/t11-/m1/s1. The molecule has 0 aliphatic carbocycles. The third-order valence-electron chi connectivity index (χ3n) is 3.15. The Kier molecular flexibility index (Phi) is 5.29. The summed E-state index contributed by atoms with van der Waals surface area (Å²) in [5, 5.41) is 12.7. The lowest BCUT2D eigenvalue weighted by Crippen LogP contribution is -2.14. The van der Waals surface area contributed by atoms with Crippen LogP contribution in [0.25, 0.3) is 0 Å². The summed E-state index contributed by atoms with van der Waals surface area (Å²) in [7, 11) is 0. The van der Waals surface area contributed by atoms with E-state index in [1.54, 1.807) is 13.0 Å². The van der Waals surface area contributed by atoms with Gasteiger partial charge in [0.15, 0.2) is 0 Å². The van der Waals surface area contributed by atoms with Gasteiger partial charge in [-0.1, -0.05) is 46.3 Å². The third-order valence-corrected chi connectivity index (χ3v) is 3.90. The van der Waals surface area contributed by atoms with Crippen molar-refractivity contribution in [3.63, 3.8) is 0 Å². The van der Waals surface area contributed by atoms with Crippen LogP contribution in [-0.2, 0) is 13.1 Å². The summed E-state index contributed by atoms with van der Waals surface area (Å²) in [6.45, 7) is 2.86. The monoisotopic (exact) mass is 337 g/mol. The molecule has 2 aromatic carbocycles. The van der Waals surface area contributed by atoms with Gasteiger partial charge in [-0.25, -0.2) is 4.39 Å². The average molecular weight is 338 g/mol. The van der Waals surface area contributed by atoms with Gasteiger partial charge in [-0.05, 0) is 30.2 Å². The minimum Gasteiger partial charge on any atom is -0.389 e. The molecule has 2 rings (SSSR count). The van der Waals surface area contributed by atoms with Crippen molar-refractivity contribution < 1.29 is 9.50 Å². The van der Waals surface area contributed by atoms with Crippen LogP contribution in [0.15, 0.2) is 46.9 Å². The van der Waals surface area contributed by atoms with Gasteiger partial charge in [0, 0.05) is 23.1 Å². The fraction of sp³-hybridized carbons (Fsp3) is 0.250. The van der Waals surface area contributed by atoms with Crippen molar-refractivity contribution in [3.8, 4) is 0 Å². The van der Waals surface area contributed by atoms with E-state index in [2.05, 4.69) is 21.2 Å². The maximum atomic E-state index is 13.6. The molecule has 0 spiro atoms. The number of hydrogen-bond donors (Lipinski definition) is 2. The molecule has 2 nitrogen and oxygen atoms in total. The SMILES string of the molecule is C[C@@H](O)c1ccc(CNCc2c(F)cccc2Br)cc1. The molecule has 20 heavy (non-hydrogen) atoms. The lowest BCUT2D eigenvalue weighted by Gasteiger charge is -2.09. The lowest BCUT2D eigenvalue weighted by atomic mass is 10.1. The van der Waals surface area contributed by atoms with Crippen molar-refractivity contribution in [1.29, 1.82) is 0 Å². The van der Waals surface area contributed by atoms with Gasteiger partial charge in [0.2, 0.25) is 0 Å². The van der Waals surface area contributed by atoms with E-state index in [9.17, 15) is 9.50 Å². The Labute approximate surface area is 126 Å². The first kappa shape index (κ1) is 15.2. The van der Waals surface area contributed by atoms with Crippen LogP contribution in [0.3, 0.4) is 0 Å². The summed E-state index contributed by atoms with van der Waals surface area (Å²) >= 11 is 3.35. The van der Waals surface area contributed by atoms with Crippen molar-refractivity contribution >= 4 is 15.9 Å². The Morgan fingerprint density at radius 1 is 1.15 bits per heavy atom. The maximum absolute atomic E-state index is 13.6. The molecule has 0 aliphatic heterocycles. The van der Waals surface area contributed by atoms with E-state index in [0.717, 1.165) is 15.6 Å². The maximum Gasteiger partial charge on any atom is 0.128 e. The van der Waals surface area contributed by atoms with E-state index >= 15 is 0 Å². The molecule has 0 saturated carbocycles. The second-order valence-corrected chi connectivity index (χ2v) is 5.58. The third kappa shape index (κ3) is 3.88. The van der Waals surface area contributed by atoms with Crippen LogP contribution in [0.1, 0.15) is 29.7 Å². The average Bonchev–Trinajstić information content (AvgIpc) is 2.42. The van der Waals surface area contributed by atoms with E-state index in [-0.39, 0.29) is 5.82 Å². The highest BCUT2D eigenvalue weighted by Gasteiger charge is 2.06. The summed E-state index contributed by atoms with van der Waals surface area (Å²) in [6, 6.07) is 12.7. The van der Waals surface area contributed by atoms with Crippen LogP contribution in [0, 0.1) is 5.82 Å². The largest absolute Gasteiger partial charge is 0.389 e. The van der Waals surface area contributed by atoms with Crippen molar-refractivity contribution in [2.45, 2.75) is 26.1 Å². The van der Waals surface area contributed by atoms with E-state index < -0.39 is 6.10 Å². The first-order chi connectivity index (χ1) is 9.58. The Balaban J connectivity index is 1.93. The molecule has 0 radical (unpaired) electrons. The van der Waals surface area contributed by atoms with E-state index in [4.69, 9.17) is 0 Å². The van der Waals surface area contributed by atoms with Crippen LogP contribution in [0.2, 0.25) is 0 Å². The summed E-state index contributed by atoms with van der Waals surface area (Å²) in [5.41, 5.74) is 2.63. The molecule has 106 valence electrons. The molecule has 0 heterocycles. The number of halogens is 2. The van der Waals surface area contributed by atoms with Crippen LogP contribution in [-0.4, -0.2) is 5.11 Å². The predicted molar refractivity (Wildman–Crippen MR) is 81.7 cm³/mol. The highest BCUT2D eigenvalue weighted by atomic mass is 79.9. The van der Waals surface area contributed by atoms with Crippen LogP contribution in [0.5, 0.6) is 0 Å². The minimum atomic E-state index is -0.452. The number of benzene rings is 2. The normalized spacial score (nSPS) is 12.4. The fourth-order valence-electron chi connectivity index (χ4n) is 1.95. The van der Waals surface area contributed by atoms with Crippen molar-refractivity contribution in [1.82, 2.24) is 5.32 Å². The summed E-state index contributed by atoms with van der Waals surface area (Å²) in [4.78, 5) is 0. The first-order valence-electron chi connectivity index (χ1n) is 6.48. The molecule has 0 bridgehead atoms. The van der Waals surface area contributed by atoms with E-state index in [0.29, 0.717) is 18.7 Å². The fourth-order valence-corrected chi connectivity index (χ4v) is 2.43. The predicted octanol–water partition coefficient (Wildman–Crippen LogP) is 3.93. The number of rotatable bonds is 5. The summed E-state index contributed by atoms with van der Waals surface area (Å²) in [6.07, 6.45) is -0.452. The zero-order valence-electron chi connectivity index (χ0n) is 11.2. The zero-order chi connectivity index (χ0) is 14.5. The number of aliphatic hydroxyl groups excluding tert-OH is 1. The van der Waals surface area contributed by atoms with Gasteiger partial charge in [-0.3, -0.25) is 0 Å². The van der Waals surface area contributed by atoms with Gasteiger partial charge < -0.3 is 10.4 Å². The molecule has 0 saturated heterocycles. The second kappa shape index (κ2) is 6.97. The highest BCUT2D eigenvalue weighted by molar-refractivity contribution is 9.10. The Morgan fingerprint density at radius 2 is 1.85 bits per heavy atom. The number of hydrogen-bond acceptors (Lipinski definition) is 2. The Hall–Kier alpha value is -1.23. The summed E-state index contributed by atoms with van der Waals surface area (Å²) in [5.74, 6) is -0.212.